The minimum absolute atomic E-state index is 0.0732. The largest absolute Gasteiger partial charge is 0.464 e. The number of hydrogen-bond donors (Lipinski definition) is 1. The molecule has 2 aromatic rings. The average Bonchev–Trinajstić information content (AvgIpc) is 3.42. The van der Waals surface area contributed by atoms with Crippen molar-refractivity contribution in [2.24, 2.45) is 5.92 Å². The Morgan fingerprint density at radius 2 is 1.91 bits per heavy atom. The molecule has 1 saturated heterocycles. The molecule has 1 unspecified atom stereocenters. The zero-order valence-corrected chi connectivity index (χ0v) is 18.0. The van der Waals surface area contributed by atoms with Gasteiger partial charge in [-0.1, -0.05) is 29.8 Å². The minimum Gasteiger partial charge on any atom is -0.464 e. The molecule has 2 heterocycles. The van der Waals surface area contributed by atoms with Crippen LogP contribution in [0, 0.1) is 12.8 Å². The van der Waals surface area contributed by atoms with Gasteiger partial charge in [0.05, 0.1) is 12.5 Å². The topological polar surface area (TPSA) is 94.2 Å². The lowest BCUT2D eigenvalue weighted by Crippen LogP contribution is -2.30. The number of anilines is 1. The van der Waals surface area contributed by atoms with Crippen molar-refractivity contribution in [3.05, 3.63) is 53.6 Å². The Balaban J connectivity index is 1.17. The molecule has 8 nitrogen and oxygen atoms in total. The number of hydrogen-bond acceptors (Lipinski definition) is 6. The van der Waals surface area contributed by atoms with Crippen molar-refractivity contribution in [1.82, 2.24) is 5.32 Å². The molecule has 0 aliphatic carbocycles. The van der Waals surface area contributed by atoms with Crippen LogP contribution in [0.3, 0.4) is 0 Å². The van der Waals surface area contributed by atoms with E-state index in [1.165, 1.54) is 5.56 Å². The third-order valence-corrected chi connectivity index (χ3v) is 5.56. The molecule has 2 amide bonds. The molecule has 32 heavy (non-hydrogen) atoms. The summed E-state index contributed by atoms with van der Waals surface area (Å²) in [6, 6.07) is 13.3. The second kappa shape index (κ2) is 9.72. The third-order valence-electron chi connectivity index (χ3n) is 5.56. The van der Waals surface area contributed by atoms with Gasteiger partial charge in [-0.3, -0.25) is 14.4 Å². The first-order valence-electron chi connectivity index (χ1n) is 10.7. The van der Waals surface area contributed by atoms with Crippen LogP contribution in [0.4, 0.5) is 5.69 Å². The number of benzene rings is 2. The summed E-state index contributed by atoms with van der Waals surface area (Å²) in [6.45, 7) is 2.74. The van der Waals surface area contributed by atoms with Crippen LogP contribution in [0.15, 0.2) is 42.5 Å². The van der Waals surface area contributed by atoms with Crippen molar-refractivity contribution in [1.29, 1.82) is 0 Å². The molecule has 0 spiro atoms. The number of carbonyl (C=O) groups excluding carboxylic acids is 3. The fraction of sp³-hybridized carbons (Fsp3) is 0.375. The second-order valence-corrected chi connectivity index (χ2v) is 7.95. The standard InChI is InChI=1S/C24H26N2O6/c1-16-2-4-17(5-3-16)6-9-22(27)25-10-11-30-24(29)18-12-23(28)26(14-18)19-7-8-20-21(13-19)32-15-31-20/h2-5,7-8,13,18H,6,9-12,14-15H2,1H3,(H,25,27). The van der Waals surface area contributed by atoms with Crippen molar-refractivity contribution >= 4 is 23.5 Å². The van der Waals surface area contributed by atoms with Crippen LogP contribution in [-0.4, -0.2) is 44.3 Å². The zero-order valence-electron chi connectivity index (χ0n) is 18.0. The molecule has 168 valence electrons. The first-order valence-corrected chi connectivity index (χ1v) is 10.7. The van der Waals surface area contributed by atoms with Gasteiger partial charge in [-0.2, -0.15) is 0 Å². The molecule has 2 aliphatic rings. The first-order chi connectivity index (χ1) is 15.5. The molecule has 8 heteroatoms. The second-order valence-electron chi connectivity index (χ2n) is 7.95. The summed E-state index contributed by atoms with van der Waals surface area (Å²) in [7, 11) is 0. The summed E-state index contributed by atoms with van der Waals surface area (Å²) in [5.41, 5.74) is 2.95. The zero-order chi connectivity index (χ0) is 22.5. The van der Waals surface area contributed by atoms with E-state index in [2.05, 4.69) is 5.32 Å². The van der Waals surface area contributed by atoms with E-state index < -0.39 is 11.9 Å². The normalized spacial score (nSPS) is 16.8. The van der Waals surface area contributed by atoms with Crippen LogP contribution < -0.4 is 19.7 Å². The maximum Gasteiger partial charge on any atom is 0.311 e. The van der Waals surface area contributed by atoms with Gasteiger partial charge in [0.1, 0.15) is 6.61 Å². The van der Waals surface area contributed by atoms with Crippen LogP contribution >= 0.6 is 0 Å². The summed E-state index contributed by atoms with van der Waals surface area (Å²) in [5.74, 6) is 0.0132. The number of ether oxygens (including phenoxy) is 3. The van der Waals surface area contributed by atoms with Crippen LogP contribution in [0.25, 0.3) is 0 Å². The van der Waals surface area contributed by atoms with E-state index in [-0.39, 0.29) is 44.7 Å². The van der Waals surface area contributed by atoms with Crippen molar-refractivity contribution in [2.45, 2.75) is 26.2 Å². The highest BCUT2D eigenvalue weighted by atomic mass is 16.7. The van der Waals surface area contributed by atoms with E-state index in [0.717, 1.165) is 5.56 Å². The molecular formula is C24H26N2O6. The SMILES string of the molecule is Cc1ccc(CCC(=O)NCCOC(=O)C2CC(=O)N(c3ccc4c(c3)OCO4)C2)cc1. The Morgan fingerprint density at radius 1 is 1.12 bits per heavy atom. The summed E-state index contributed by atoms with van der Waals surface area (Å²) in [6.07, 6.45) is 1.13. The molecule has 2 aromatic carbocycles. The molecular weight excluding hydrogens is 412 g/mol. The van der Waals surface area contributed by atoms with E-state index in [1.807, 2.05) is 31.2 Å². The highest BCUT2D eigenvalue weighted by molar-refractivity contribution is 5.99. The number of nitrogens with one attached hydrogen (secondary N) is 1. The Labute approximate surface area is 186 Å². The number of esters is 1. The molecule has 1 atom stereocenters. The highest BCUT2D eigenvalue weighted by Crippen LogP contribution is 2.37. The summed E-state index contributed by atoms with van der Waals surface area (Å²) < 4.78 is 15.9. The van der Waals surface area contributed by atoms with Crippen molar-refractivity contribution in [3.63, 3.8) is 0 Å². The van der Waals surface area contributed by atoms with Crippen molar-refractivity contribution in [2.75, 3.05) is 31.4 Å². The quantitative estimate of drug-likeness (QED) is 0.502. The number of amides is 2. The average molecular weight is 438 g/mol. The van der Waals surface area contributed by atoms with Crippen LogP contribution in [0.2, 0.25) is 0 Å². The van der Waals surface area contributed by atoms with Crippen molar-refractivity contribution in [3.8, 4) is 11.5 Å². The minimum atomic E-state index is -0.537. The molecule has 0 aromatic heterocycles. The first kappa shape index (κ1) is 21.7. The Morgan fingerprint density at radius 3 is 2.72 bits per heavy atom. The highest BCUT2D eigenvalue weighted by Gasteiger charge is 2.36. The van der Waals surface area contributed by atoms with E-state index in [0.29, 0.717) is 30.0 Å². The van der Waals surface area contributed by atoms with Crippen LogP contribution in [-0.2, 0) is 25.5 Å². The predicted octanol–water partition coefficient (Wildman–Crippen LogP) is 2.37. The number of aryl methyl sites for hydroxylation is 2. The van der Waals surface area contributed by atoms with Crippen LogP contribution in [0.1, 0.15) is 24.0 Å². The Hall–Kier alpha value is -3.55. The van der Waals surface area contributed by atoms with Gasteiger partial charge in [-0.05, 0) is 31.0 Å². The van der Waals surface area contributed by atoms with E-state index in [1.54, 1.807) is 23.1 Å². The van der Waals surface area contributed by atoms with Crippen LogP contribution in [0.5, 0.6) is 11.5 Å². The third kappa shape index (κ3) is 5.19. The maximum atomic E-state index is 12.4. The van der Waals surface area contributed by atoms with Gasteiger partial charge in [-0.25, -0.2) is 0 Å². The maximum absolute atomic E-state index is 12.4. The van der Waals surface area contributed by atoms with Gasteiger partial charge >= 0.3 is 5.97 Å². The van der Waals surface area contributed by atoms with Gasteiger partial charge in [0.15, 0.2) is 11.5 Å². The van der Waals surface area contributed by atoms with E-state index in [9.17, 15) is 14.4 Å². The van der Waals surface area contributed by atoms with E-state index >= 15 is 0 Å². The lowest BCUT2D eigenvalue weighted by Gasteiger charge is -2.17. The smallest absolute Gasteiger partial charge is 0.311 e. The predicted molar refractivity (Wildman–Crippen MR) is 116 cm³/mol. The fourth-order valence-electron chi connectivity index (χ4n) is 3.73. The summed E-state index contributed by atoms with van der Waals surface area (Å²) in [5, 5.41) is 2.76. The Kier molecular flexibility index (Phi) is 6.58. The molecule has 2 aliphatic heterocycles. The van der Waals surface area contributed by atoms with Gasteiger partial charge in [0.2, 0.25) is 18.6 Å². The Bertz CT molecular complexity index is 1000. The van der Waals surface area contributed by atoms with E-state index in [4.69, 9.17) is 14.2 Å². The number of carbonyl (C=O) groups is 3. The van der Waals surface area contributed by atoms with Gasteiger partial charge < -0.3 is 24.4 Å². The molecule has 1 N–H and O–H groups in total. The van der Waals surface area contributed by atoms with Gasteiger partial charge in [0.25, 0.3) is 0 Å². The number of nitrogens with zero attached hydrogens (tertiary/aromatic N) is 1. The fourth-order valence-corrected chi connectivity index (χ4v) is 3.73. The monoisotopic (exact) mass is 438 g/mol. The molecule has 1 fully saturated rings. The summed E-state index contributed by atoms with van der Waals surface area (Å²) >= 11 is 0. The van der Waals surface area contributed by atoms with Gasteiger partial charge in [-0.15, -0.1) is 0 Å². The molecule has 0 saturated carbocycles. The summed E-state index contributed by atoms with van der Waals surface area (Å²) in [4.78, 5) is 38.3. The number of rotatable bonds is 8. The van der Waals surface area contributed by atoms with Crippen molar-refractivity contribution < 1.29 is 28.6 Å². The molecule has 0 bridgehead atoms. The lowest BCUT2D eigenvalue weighted by molar-refractivity contribution is -0.148. The molecule has 0 radical (unpaired) electrons. The lowest BCUT2D eigenvalue weighted by atomic mass is 10.1. The number of fused-ring (bicyclic) bond motifs is 1. The molecule has 4 rings (SSSR count). The van der Waals surface area contributed by atoms with Gasteiger partial charge in [0, 0.05) is 31.1 Å².